The third-order valence-electron chi connectivity index (χ3n) is 5.18. The highest BCUT2D eigenvalue weighted by Crippen LogP contribution is 2.31. The molecule has 0 aliphatic heterocycles. The van der Waals surface area contributed by atoms with Crippen LogP contribution < -0.4 is 5.32 Å². The molecule has 0 fully saturated rings. The van der Waals surface area contributed by atoms with E-state index in [-0.39, 0.29) is 11.3 Å². The van der Waals surface area contributed by atoms with Crippen LogP contribution in [0.5, 0.6) is 0 Å². The van der Waals surface area contributed by atoms with Crippen LogP contribution in [0.15, 0.2) is 42.0 Å². The van der Waals surface area contributed by atoms with E-state index in [9.17, 15) is 10.1 Å². The molecule has 0 radical (unpaired) electrons. The van der Waals surface area contributed by atoms with Gasteiger partial charge in [-0.05, 0) is 71.7 Å². The molecule has 0 aliphatic carbocycles. The van der Waals surface area contributed by atoms with Crippen molar-refractivity contribution in [1.82, 2.24) is 5.32 Å². The van der Waals surface area contributed by atoms with Gasteiger partial charge >= 0.3 is 0 Å². The zero-order valence-electron chi connectivity index (χ0n) is 18.5. The van der Waals surface area contributed by atoms with Gasteiger partial charge in [0.25, 0.3) is 0 Å². The van der Waals surface area contributed by atoms with Crippen molar-refractivity contribution in [2.45, 2.75) is 59.8 Å². The molecule has 2 rings (SSSR count). The highest BCUT2D eigenvalue weighted by Gasteiger charge is 2.15. The maximum absolute atomic E-state index is 12.3. The first-order valence-corrected chi connectivity index (χ1v) is 10.3. The minimum absolute atomic E-state index is 0.0590. The van der Waals surface area contributed by atoms with Gasteiger partial charge in [0, 0.05) is 12.1 Å². The monoisotopic (exact) mass is 388 g/mol. The molecule has 3 nitrogen and oxygen atoms in total. The molecule has 152 valence electrons. The lowest BCUT2D eigenvalue weighted by Crippen LogP contribution is -2.24. The number of amides is 1. The molecule has 1 N–H and O–H groups in total. The first-order chi connectivity index (χ1) is 13.7. The minimum atomic E-state index is -0.0590. The Balaban J connectivity index is 2.43. The molecule has 1 amide bonds. The van der Waals surface area contributed by atoms with Gasteiger partial charge in [-0.15, -0.1) is 0 Å². The third-order valence-corrected chi connectivity index (χ3v) is 5.18. The molecule has 0 saturated carbocycles. The molecule has 2 aromatic carbocycles. The lowest BCUT2D eigenvalue weighted by molar-refractivity contribution is -0.117. The maximum Gasteiger partial charge on any atom is 0.246 e. The highest BCUT2D eigenvalue weighted by molar-refractivity contribution is 5.97. The summed E-state index contributed by atoms with van der Waals surface area (Å²) in [4.78, 5) is 12.3. The minimum Gasteiger partial charge on any atom is -0.352 e. The summed E-state index contributed by atoms with van der Waals surface area (Å²) in [5.74, 6) is -0.0590. The second-order valence-electron chi connectivity index (χ2n) is 8.61. The van der Waals surface area contributed by atoms with Gasteiger partial charge in [0.15, 0.2) is 0 Å². The van der Waals surface area contributed by atoms with Crippen LogP contribution in [0.25, 0.3) is 17.2 Å². The van der Waals surface area contributed by atoms with Gasteiger partial charge in [-0.1, -0.05) is 58.4 Å². The normalized spacial score (nSPS) is 11.8. The molecule has 0 spiro atoms. The molecule has 0 atom stereocenters. The van der Waals surface area contributed by atoms with Crippen LogP contribution in [0, 0.1) is 18.3 Å². The fraction of sp³-hybridized carbons (Fsp3) is 0.385. The molecule has 0 heterocycles. The van der Waals surface area contributed by atoms with E-state index in [4.69, 9.17) is 0 Å². The predicted molar refractivity (Wildman–Crippen MR) is 122 cm³/mol. The van der Waals surface area contributed by atoms with Crippen molar-refractivity contribution in [2.75, 3.05) is 6.54 Å². The second-order valence-corrected chi connectivity index (χ2v) is 8.61. The SMILES string of the molecule is CCCCNC(=O)/C(C)=C/c1cc(C#N)cc(-c2ccc(C(C)(C)C)cc2)c1C. The summed E-state index contributed by atoms with van der Waals surface area (Å²) in [6, 6.07) is 14.6. The molecule has 0 saturated heterocycles. The Morgan fingerprint density at radius 3 is 2.38 bits per heavy atom. The predicted octanol–water partition coefficient (Wildman–Crippen LogP) is 6.15. The summed E-state index contributed by atoms with van der Waals surface area (Å²) in [5, 5.41) is 12.5. The van der Waals surface area contributed by atoms with Crippen LogP contribution in [-0.4, -0.2) is 12.5 Å². The molecule has 0 aromatic heterocycles. The van der Waals surface area contributed by atoms with Crippen molar-refractivity contribution >= 4 is 12.0 Å². The number of hydrogen-bond acceptors (Lipinski definition) is 2. The first kappa shape index (κ1) is 22.4. The number of hydrogen-bond donors (Lipinski definition) is 1. The largest absolute Gasteiger partial charge is 0.352 e. The Labute approximate surface area is 175 Å². The van der Waals surface area contributed by atoms with E-state index < -0.39 is 0 Å². The van der Waals surface area contributed by atoms with E-state index in [1.54, 1.807) is 0 Å². The number of unbranched alkanes of at least 4 members (excludes halogenated alkanes) is 1. The lowest BCUT2D eigenvalue weighted by atomic mass is 9.85. The molecule has 0 bridgehead atoms. The third kappa shape index (κ3) is 5.81. The molecule has 29 heavy (non-hydrogen) atoms. The topological polar surface area (TPSA) is 52.9 Å². The molecule has 2 aromatic rings. The number of carbonyl (C=O) groups is 1. The van der Waals surface area contributed by atoms with Crippen molar-refractivity contribution in [3.8, 4) is 17.2 Å². The van der Waals surface area contributed by atoms with E-state index in [2.05, 4.69) is 63.3 Å². The van der Waals surface area contributed by atoms with Gasteiger partial charge in [0.1, 0.15) is 0 Å². The number of nitrogens with zero attached hydrogens (tertiary/aromatic N) is 1. The van der Waals surface area contributed by atoms with Gasteiger partial charge < -0.3 is 5.32 Å². The van der Waals surface area contributed by atoms with Crippen molar-refractivity contribution in [3.05, 3.63) is 64.2 Å². The maximum atomic E-state index is 12.3. The molecular formula is C26H32N2O. The summed E-state index contributed by atoms with van der Waals surface area (Å²) in [7, 11) is 0. The Morgan fingerprint density at radius 1 is 1.17 bits per heavy atom. The number of benzene rings is 2. The van der Waals surface area contributed by atoms with Crippen molar-refractivity contribution in [3.63, 3.8) is 0 Å². The fourth-order valence-electron chi connectivity index (χ4n) is 3.22. The molecule has 0 unspecified atom stereocenters. The summed E-state index contributed by atoms with van der Waals surface area (Å²) in [6.07, 6.45) is 3.89. The summed E-state index contributed by atoms with van der Waals surface area (Å²) in [5.41, 5.74) is 6.68. The Morgan fingerprint density at radius 2 is 1.83 bits per heavy atom. The van der Waals surface area contributed by atoms with Crippen LogP contribution in [0.2, 0.25) is 0 Å². The first-order valence-electron chi connectivity index (χ1n) is 10.3. The Hall–Kier alpha value is -2.86. The average Bonchev–Trinajstić information content (AvgIpc) is 2.69. The Kier molecular flexibility index (Phi) is 7.40. The Bertz CT molecular complexity index is 938. The van der Waals surface area contributed by atoms with E-state index in [1.165, 1.54) is 5.56 Å². The fourth-order valence-corrected chi connectivity index (χ4v) is 3.22. The molecule has 3 heteroatoms. The zero-order valence-corrected chi connectivity index (χ0v) is 18.5. The van der Waals surface area contributed by atoms with Crippen LogP contribution in [0.4, 0.5) is 0 Å². The zero-order chi connectivity index (χ0) is 21.6. The molecule has 0 aliphatic rings. The number of carbonyl (C=O) groups excluding carboxylic acids is 1. The summed E-state index contributed by atoms with van der Waals surface area (Å²) in [6.45, 7) is 13.2. The number of rotatable bonds is 6. The second kappa shape index (κ2) is 9.56. The van der Waals surface area contributed by atoms with Crippen LogP contribution >= 0.6 is 0 Å². The van der Waals surface area contributed by atoms with Crippen LogP contribution in [0.1, 0.15) is 69.7 Å². The van der Waals surface area contributed by atoms with E-state index in [0.29, 0.717) is 17.7 Å². The van der Waals surface area contributed by atoms with Crippen molar-refractivity contribution < 1.29 is 4.79 Å². The molecular weight excluding hydrogens is 356 g/mol. The highest BCUT2D eigenvalue weighted by atomic mass is 16.1. The van der Waals surface area contributed by atoms with E-state index in [1.807, 2.05) is 32.1 Å². The van der Waals surface area contributed by atoms with Gasteiger partial charge in [0.05, 0.1) is 11.6 Å². The van der Waals surface area contributed by atoms with Gasteiger partial charge in [-0.2, -0.15) is 5.26 Å². The van der Waals surface area contributed by atoms with Crippen molar-refractivity contribution in [2.24, 2.45) is 0 Å². The van der Waals surface area contributed by atoms with E-state index >= 15 is 0 Å². The number of nitriles is 1. The lowest BCUT2D eigenvalue weighted by Gasteiger charge is -2.19. The number of nitrogens with one attached hydrogen (secondary N) is 1. The quantitative estimate of drug-likeness (QED) is 0.476. The van der Waals surface area contributed by atoms with Crippen molar-refractivity contribution in [1.29, 1.82) is 5.26 Å². The smallest absolute Gasteiger partial charge is 0.246 e. The van der Waals surface area contributed by atoms with Gasteiger partial charge in [0.2, 0.25) is 5.91 Å². The van der Waals surface area contributed by atoms with E-state index in [0.717, 1.165) is 35.1 Å². The summed E-state index contributed by atoms with van der Waals surface area (Å²) < 4.78 is 0. The summed E-state index contributed by atoms with van der Waals surface area (Å²) >= 11 is 0. The van der Waals surface area contributed by atoms with Crippen LogP contribution in [0.3, 0.4) is 0 Å². The van der Waals surface area contributed by atoms with Gasteiger partial charge in [-0.25, -0.2) is 0 Å². The van der Waals surface area contributed by atoms with Gasteiger partial charge in [-0.3, -0.25) is 4.79 Å². The standard InChI is InChI=1S/C26H32N2O/c1-7-8-13-28-25(29)18(2)14-22-15-20(17-27)16-24(19(22)3)21-9-11-23(12-10-21)26(4,5)6/h9-12,14-16H,7-8,13H2,1-6H3,(H,28,29)/b18-14+. The van der Waals surface area contributed by atoms with Crippen LogP contribution in [-0.2, 0) is 10.2 Å². The average molecular weight is 389 g/mol.